The molecule has 0 saturated carbocycles. The van der Waals surface area contributed by atoms with Crippen LogP contribution in [0.5, 0.6) is 5.75 Å². The molecule has 1 N–H and O–H groups in total. The third kappa shape index (κ3) is 8.05. The van der Waals surface area contributed by atoms with E-state index in [9.17, 15) is 9.18 Å². The van der Waals surface area contributed by atoms with Gasteiger partial charge < -0.3 is 19.1 Å². The Morgan fingerprint density at radius 1 is 1.10 bits per heavy atom. The molecule has 1 fully saturated rings. The summed E-state index contributed by atoms with van der Waals surface area (Å²) >= 11 is 5.64. The Bertz CT molecular complexity index is 1410. The zero-order chi connectivity index (χ0) is 27.6. The Morgan fingerprint density at radius 2 is 1.79 bits per heavy atom. The van der Waals surface area contributed by atoms with Gasteiger partial charge in [0, 0.05) is 12.1 Å². The van der Waals surface area contributed by atoms with E-state index in [2.05, 4.69) is 14.6 Å². The van der Waals surface area contributed by atoms with Crippen molar-refractivity contribution >= 4 is 28.6 Å². The van der Waals surface area contributed by atoms with Crippen molar-refractivity contribution < 1.29 is 23.8 Å². The van der Waals surface area contributed by atoms with Gasteiger partial charge in [-0.2, -0.15) is 0 Å². The van der Waals surface area contributed by atoms with Gasteiger partial charge in [-0.15, -0.1) is 0 Å². The summed E-state index contributed by atoms with van der Waals surface area (Å²) in [4.78, 5) is 18.0. The smallest absolute Gasteiger partial charge is 0.335 e. The van der Waals surface area contributed by atoms with Crippen LogP contribution >= 0.6 is 11.6 Å². The Balaban J connectivity index is 0.000000160. The summed E-state index contributed by atoms with van der Waals surface area (Å²) in [6.45, 7) is 4.26. The molecule has 6 rings (SSSR count). The van der Waals surface area contributed by atoms with Gasteiger partial charge in [-0.1, -0.05) is 41.9 Å². The molecule has 39 heavy (non-hydrogen) atoms. The van der Waals surface area contributed by atoms with Crippen LogP contribution < -0.4 is 4.74 Å². The number of aromatic carboxylic acids is 1. The Labute approximate surface area is 232 Å². The number of nitrogens with zero attached hydrogens (tertiary/aromatic N) is 3. The third-order valence-electron chi connectivity index (χ3n) is 6.30. The number of aryl methyl sites for hydroxylation is 1. The molecule has 0 bridgehead atoms. The van der Waals surface area contributed by atoms with Crippen molar-refractivity contribution in [2.45, 2.75) is 26.0 Å². The highest BCUT2D eigenvalue weighted by Gasteiger charge is 2.16. The van der Waals surface area contributed by atoms with Crippen molar-refractivity contribution in [3.05, 3.63) is 107 Å². The lowest BCUT2D eigenvalue weighted by molar-refractivity contribution is 0.0697. The molecular weight excluding hydrogens is 521 g/mol. The van der Waals surface area contributed by atoms with Crippen molar-refractivity contribution in [3.63, 3.8) is 0 Å². The standard InChI is InChI=1S/C14H17N3O2.C13H10ClFO.C3H4O/c1-16-12-8-10(14(18)19)4-5-11(12)15-13(16)9-17-6-2-3-7-17;14-11-6-7-13(12(15)8-11)16-9-10-4-2-1-3-5-10;1-2-4-3-1/h4-5,8H,2-3,6-7,9H2,1H3,(H,18,19);1-8H,9H2;1-2H,3H2. The SMILES string of the molecule is C1=COC1.Cn1c(CN2CCCC2)nc2ccc(C(=O)O)cc21.Fc1cc(Cl)ccc1OCc1ccccc1. The van der Waals surface area contributed by atoms with Crippen molar-refractivity contribution in [2.75, 3.05) is 19.7 Å². The van der Waals surface area contributed by atoms with E-state index in [0.29, 0.717) is 17.2 Å². The van der Waals surface area contributed by atoms with E-state index in [0.717, 1.165) is 48.7 Å². The van der Waals surface area contributed by atoms with E-state index in [1.54, 1.807) is 30.5 Å². The second kappa shape index (κ2) is 13.8. The lowest BCUT2D eigenvalue weighted by Gasteiger charge is -2.13. The van der Waals surface area contributed by atoms with Crippen LogP contribution in [0.25, 0.3) is 11.0 Å². The zero-order valence-corrected chi connectivity index (χ0v) is 22.5. The Hall–Kier alpha value is -3.88. The van der Waals surface area contributed by atoms with Crippen LogP contribution in [0, 0.1) is 5.82 Å². The fourth-order valence-corrected chi connectivity index (χ4v) is 4.24. The number of aromatic nitrogens is 2. The maximum atomic E-state index is 13.3. The molecule has 0 amide bonds. The number of hydrogen-bond donors (Lipinski definition) is 1. The van der Waals surface area contributed by atoms with Gasteiger partial charge in [-0.3, -0.25) is 4.90 Å². The highest BCUT2D eigenvalue weighted by atomic mass is 35.5. The van der Waals surface area contributed by atoms with Gasteiger partial charge in [0.05, 0.1) is 29.4 Å². The van der Waals surface area contributed by atoms with Crippen LogP contribution in [0.3, 0.4) is 0 Å². The quantitative estimate of drug-likeness (QED) is 0.296. The summed E-state index contributed by atoms with van der Waals surface area (Å²) in [5.41, 5.74) is 3.05. The molecule has 2 aliphatic rings. The topological polar surface area (TPSA) is 76.8 Å². The number of hydrogen-bond acceptors (Lipinski definition) is 5. The first-order valence-corrected chi connectivity index (χ1v) is 13.1. The van der Waals surface area contributed by atoms with Crippen molar-refractivity contribution in [3.8, 4) is 5.75 Å². The minimum Gasteiger partial charge on any atom is -0.497 e. The number of carboxylic acid groups (broad SMARTS) is 1. The van der Waals surface area contributed by atoms with Crippen LogP contribution in [-0.4, -0.2) is 45.2 Å². The van der Waals surface area contributed by atoms with Crippen LogP contribution in [0.15, 0.2) is 79.1 Å². The number of ether oxygens (including phenoxy) is 2. The number of rotatable bonds is 6. The number of imidazole rings is 1. The first-order chi connectivity index (χ1) is 18.9. The number of benzene rings is 3. The third-order valence-corrected chi connectivity index (χ3v) is 6.54. The van der Waals surface area contributed by atoms with Gasteiger partial charge >= 0.3 is 5.97 Å². The first-order valence-electron chi connectivity index (χ1n) is 12.7. The summed E-state index contributed by atoms with van der Waals surface area (Å²) in [6, 6.07) is 19.1. The molecule has 0 spiro atoms. The molecule has 7 nitrogen and oxygen atoms in total. The molecule has 0 unspecified atom stereocenters. The van der Waals surface area contributed by atoms with Crippen LogP contribution in [-0.2, 0) is 24.9 Å². The molecule has 4 aromatic rings. The van der Waals surface area contributed by atoms with E-state index in [4.69, 9.17) is 21.4 Å². The molecule has 3 heterocycles. The largest absolute Gasteiger partial charge is 0.497 e. The van der Waals surface area contributed by atoms with E-state index in [-0.39, 0.29) is 5.75 Å². The van der Waals surface area contributed by atoms with Crippen molar-refractivity contribution in [1.82, 2.24) is 14.5 Å². The molecule has 9 heteroatoms. The van der Waals surface area contributed by atoms with E-state index < -0.39 is 11.8 Å². The minimum absolute atomic E-state index is 0.216. The number of fused-ring (bicyclic) bond motifs is 1. The highest BCUT2D eigenvalue weighted by molar-refractivity contribution is 6.30. The van der Waals surface area contributed by atoms with Crippen molar-refractivity contribution in [2.24, 2.45) is 7.05 Å². The van der Waals surface area contributed by atoms with Crippen LogP contribution in [0.4, 0.5) is 4.39 Å². The van der Waals surface area contributed by atoms with Gasteiger partial charge in [-0.25, -0.2) is 14.2 Å². The number of carboxylic acids is 1. The number of carbonyl (C=O) groups is 1. The molecule has 204 valence electrons. The fourth-order valence-electron chi connectivity index (χ4n) is 4.08. The summed E-state index contributed by atoms with van der Waals surface area (Å²) in [5, 5.41) is 9.40. The Kier molecular flexibility index (Phi) is 9.94. The zero-order valence-electron chi connectivity index (χ0n) is 21.7. The predicted molar refractivity (Wildman–Crippen MR) is 149 cm³/mol. The van der Waals surface area contributed by atoms with Crippen LogP contribution in [0.2, 0.25) is 5.02 Å². The summed E-state index contributed by atoms with van der Waals surface area (Å²) in [6.07, 6.45) is 6.15. The molecular formula is C30H31ClFN3O4. The lowest BCUT2D eigenvalue weighted by atomic mass is 10.2. The Morgan fingerprint density at radius 3 is 2.41 bits per heavy atom. The van der Waals surface area contributed by atoms with Gasteiger partial charge in [0.1, 0.15) is 19.0 Å². The predicted octanol–water partition coefficient (Wildman–Crippen LogP) is 6.46. The average Bonchev–Trinajstić information content (AvgIpc) is 3.51. The second-order valence-electron chi connectivity index (χ2n) is 9.13. The highest BCUT2D eigenvalue weighted by Crippen LogP contribution is 2.22. The van der Waals surface area contributed by atoms with E-state index >= 15 is 0 Å². The number of likely N-dealkylation sites (tertiary alicyclic amines) is 1. The van der Waals surface area contributed by atoms with Crippen LogP contribution in [0.1, 0.15) is 34.6 Å². The normalized spacial score (nSPS) is 13.9. The van der Waals surface area contributed by atoms with E-state index in [1.807, 2.05) is 48.0 Å². The van der Waals surface area contributed by atoms with Gasteiger partial charge in [0.15, 0.2) is 11.6 Å². The maximum absolute atomic E-state index is 13.3. The minimum atomic E-state index is -0.899. The summed E-state index contributed by atoms with van der Waals surface area (Å²) < 4.78 is 25.2. The first kappa shape index (κ1) is 28.1. The molecule has 0 atom stereocenters. The monoisotopic (exact) mass is 551 g/mol. The molecule has 2 aliphatic heterocycles. The molecule has 3 aromatic carbocycles. The molecule has 1 saturated heterocycles. The van der Waals surface area contributed by atoms with Gasteiger partial charge in [-0.05, 0) is 74.0 Å². The van der Waals surface area contributed by atoms with E-state index in [1.165, 1.54) is 25.0 Å². The fraction of sp³-hybridized carbons (Fsp3) is 0.267. The average molecular weight is 552 g/mol. The number of halogens is 2. The summed E-state index contributed by atoms with van der Waals surface area (Å²) in [7, 11) is 1.95. The molecule has 0 aliphatic carbocycles. The van der Waals surface area contributed by atoms with Gasteiger partial charge in [0.25, 0.3) is 0 Å². The lowest BCUT2D eigenvalue weighted by Crippen LogP contribution is -2.20. The molecule has 1 aromatic heterocycles. The summed E-state index contributed by atoms with van der Waals surface area (Å²) in [5.74, 6) is -0.125. The second-order valence-corrected chi connectivity index (χ2v) is 9.57. The molecule has 0 radical (unpaired) electrons. The van der Waals surface area contributed by atoms with Gasteiger partial charge in [0.2, 0.25) is 0 Å². The van der Waals surface area contributed by atoms with Crippen molar-refractivity contribution in [1.29, 1.82) is 0 Å². The maximum Gasteiger partial charge on any atom is 0.335 e.